The van der Waals surface area contributed by atoms with Crippen LogP contribution in [0.2, 0.25) is 0 Å². The van der Waals surface area contributed by atoms with Gasteiger partial charge >= 0.3 is 54.3 Å². The minimum absolute atomic E-state index is 0.706. The van der Waals surface area contributed by atoms with Crippen molar-refractivity contribution in [3.63, 3.8) is 0 Å². The van der Waals surface area contributed by atoms with E-state index in [0.717, 1.165) is 20.8 Å². The maximum atomic E-state index is 14.5. The number of hydrogen-bond donors (Lipinski definition) is 0. The highest BCUT2D eigenvalue weighted by Crippen LogP contribution is 2.56. The fraction of sp³-hybridized carbons (Fsp3) is 0.938. The topological polar surface area (TPSA) is 44.8 Å². The van der Waals surface area contributed by atoms with Gasteiger partial charge in [0.15, 0.2) is 0 Å². The number of rotatable bonds is 8. The third kappa shape index (κ3) is 6.27. The highest BCUT2D eigenvalue weighted by atomic mass is 19.4. The summed E-state index contributed by atoms with van der Waals surface area (Å²) in [6.45, 7) is 4.65. The molecule has 0 N–H and O–H groups in total. The van der Waals surface area contributed by atoms with Crippen molar-refractivity contribution in [2.45, 2.75) is 88.6 Å². The molecule has 0 radical (unpaired) electrons. The first-order chi connectivity index (χ1) is 15.5. The van der Waals surface area contributed by atoms with Gasteiger partial charge in [0.25, 0.3) is 0 Å². The van der Waals surface area contributed by atoms with Gasteiger partial charge in [0.1, 0.15) is 5.60 Å². The summed E-state index contributed by atoms with van der Waals surface area (Å²) in [6, 6.07) is 0. The Hall–Kier alpha value is -1.80. The van der Waals surface area contributed by atoms with E-state index >= 15 is 0 Å². The number of carbonyl (C=O) groups excluding carboxylic acids is 1. The van der Waals surface area contributed by atoms with Crippen molar-refractivity contribution >= 4 is 5.97 Å². The van der Waals surface area contributed by atoms with E-state index in [-0.39, 0.29) is 0 Å². The Kier molecular flexibility index (Phi) is 8.70. The Morgan fingerprint density at radius 3 is 1.16 bits per heavy atom. The molecule has 0 spiro atoms. The normalized spacial score (nSPS) is 18.8. The van der Waals surface area contributed by atoms with E-state index in [2.05, 4.69) is 4.74 Å². The molecule has 0 aromatic rings. The molecule has 0 saturated carbocycles. The molecule has 21 heteroatoms. The molecule has 0 rings (SSSR count). The van der Waals surface area contributed by atoms with Gasteiger partial charge in [0, 0.05) is 5.41 Å². The molecule has 0 fully saturated rings. The summed E-state index contributed by atoms with van der Waals surface area (Å²) >= 11 is 0. The minimum atomic E-state index is -8.07. The van der Waals surface area contributed by atoms with E-state index in [0.29, 0.717) is 13.8 Å². The first-order valence-corrected chi connectivity index (χ1v) is 8.89. The third-order valence-corrected chi connectivity index (χ3v) is 4.78. The lowest BCUT2D eigenvalue weighted by Gasteiger charge is -2.42. The SMILES string of the molecule is CC(C)(C)C(C)(C)OC(=O)[C@@](F)(OC(F)(F)[C@](F)(OC(F)(F)C(F)(F)C(F)(F)F)C(F)(F)F)C(F)(F)F. The molecule has 0 unspecified atom stereocenters. The summed E-state index contributed by atoms with van der Waals surface area (Å²) in [5.41, 5.74) is -3.82. The zero-order valence-electron chi connectivity index (χ0n) is 18.6. The summed E-state index contributed by atoms with van der Waals surface area (Å²) in [6.07, 6.45) is -38.6. The van der Waals surface area contributed by atoms with E-state index in [9.17, 15) is 79.4 Å². The molecule has 0 aromatic heterocycles. The molecule has 0 aliphatic carbocycles. The van der Waals surface area contributed by atoms with Gasteiger partial charge in [-0.2, -0.15) is 74.6 Å². The van der Waals surface area contributed by atoms with E-state index in [1.54, 1.807) is 0 Å². The molecule has 0 amide bonds. The average molecular weight is 594 g/mol. The van der Waals surface area contributed by atoms with Gasteiger partial charge in [-0.3, -0.25) is 9.47 Å². The lowest BCUT2D eigenvalue weighted by atomic mass is 9.79. The Labute approximate surface area is 195 Å². The van der Waals surface area contributed by atoms with Crippen LogP contribution in [-0.2, 0) is 19.0 Å². The Morgan fingerprint density at radius 1 is 0.514 bits per heavy atom. The number of halogens is 17. The molecular formula is C16H15F17O4. The first-order valence-electron chi connectivity index (χ1n) is 8.89. The minimum Gasteiger partial charge on any atom is -0.455 e. The van der Waals surface area contributed by atoms with Crippen molar-refractivity contribution in [1.82, 2.24) is 0 Å². The van der Waals surface area contributed by atoms with E-state index in [1.165, 1.54) is 4.74 Å². The van der Waals surface area contributed by atoms with Crippen molar-refractivity contribution in [3.8, 4) is 0 Å². The van der Waals surface area contributed by atoms with Gasteiger partial charge in [0.2, 0.25) is 0 Å². The summed E-state index contributed by atoms with van der Waals surface area (Å²) in [5.74, 6) is -26.5. The lowest BCUT2D eigenvalue weighted by Crippen LogP contribution is -2.68. The summed E-state index contributed by atoms with van der Waals surface area (Å²) < 4.78 is 230. The van der Waals surface area contributed by atoms with Gasteiger partial charge in [-0.05, 0) is 13.8 Å². The molecule has 0 bridgehead atoms. The van der Waals surface area contributed by atoms with Crippen LogP contribution in [-0.4, -0.2) is 59.9 Å². The highest BCUT2D eigenvalue weighted by molar-refractivity contribution is 5.79. The van der Waals surface area contributed by atoms with Crippen molar-refractivity contribution in [1.29, 1.82) is 0 Å². The molecule has 0 aliphatic heterocycles. The number of carbonyl (C=O) groups is 1. The van der Waals surface area contributed by atoms with Gasteiger partial charge in [-0.15, -0.1) is 0 Å². The van der Waals surface area contributed by atoms with Crippen molar-refractivity contribution in [2.24, 2.45) is 5.41 Å². The zero-order valence-corrected chi connectivity index (χ0v) is 18.6. The maximum Gasteiger partial charge on any atom is 0.462 e. The second kappa shape index (κ2) is 9.15. The Bertz CT molecular complexity index is 836. The van der Waals surface area contributed by atoms with Crippen LogP contribution in [0.3, 0.4) is 0 Å². The van der Waals surface area contributed by atoms with Crippen LogP contribution >= 0.6 is 0 Å². The number of esters is 1. The van der Waals surface area contributed by atoms with Crippen LogP contribution in [0.4, 0.5) is 74.6 Å². The second-order valence-electron chi connectivity index (χ2n) is 8.65. The molecule has 37 heavy (non-hydrogen) atoms. The zero-order chi connectivity index (χ0) is 30.7. The average Bonchev–Trinajstić information content (AvgIpc) is 2.56. The molecule has 0 aliphatic rings. The third-order valence-electron chi connectivity index (χ3n) is 4.78. The quantitative estimate of drug-likeness (QED) is 0.220. The van der Waals surface area contributed by atoms with Crippen LogP contribution in [0.25, 0.3) is 0 Å². The van der Waals surface area contributed by atoms with Gasteiger partial charge in [0.05, 0.1) is 0 Å². The molecular weight excluding hydrogens is 579 g/mol. The van der Waals surface area contributed by atoms with Crippen LogP contribution < -0.4 is 0 Å². The Morgan fingerprint density at radius 2 is 0.892 bits per heavy atom. The van der Waals surface area contributed by atoms with Crippen LogP contribution in [0.15, 0.2) is 0 Å². The largest absolute Gasteiger partial charge is 0.462 e. The molecule has 0 heterocycles. The maximum absolute atomic E-state index is 14.5. The van der Waals surface area contributed by atoms with Crippen molar-refractivity contribution < 1.29 is 93.6 Å². The second-order valence-corrected chi connectivity index (χ2v) is 8.65. The predicted molar refractivity (Wildman–Crippen MR) is 82.5 cm³/mol. The van der Waals surface area contributed by atoms with E-state index in [1.807, 2.05) is 4.74 Å². The fourth-order valence-electron chi connectivity index (χ4n) is 1.60. The first kappa shape index (κ1) is 35.2. The van der Waals surface area contributed by atoms with E-state index < -0.39 is 65.4 Å². The number of alkyl halides is 17. The molecule has 2 atom stereocenters. The van der Waals surface area contributed by atoms with E-state index in [4.69, 9.17) is 0 Å². The summed E-state index contributed by atoms with van der Waals surface area (Å²) in [5, 5.41) is 0. The molecule has 222 valence electrons. The monoisotopic (exact) mass is 594 g/mol. The Balaban J connectivity index is 6.89. The standard InChI is InChI=1S/C16H15F17O4/c1-7(2,3)8(4,5)35-6(34)9(17,12(21,22)23)36-16(32,33)11(20,14(27,28)29)37-15(30,31)10(18,19)13(24,25)26/h1-5H3/t9-,11-/m1/s1. The number of hydrogen-bond acceptors (Lipinski definition) is 4. The molecule has 0 aromatic carbocycles. The highest BCUT2D eigenvalue weighted by Gasteiger charge is 2.85. The number of ether oxygens (including phenoxy) is 3. The van der Waals surface area contributed by atoms with Crippen LogP contribution in [0.5, 0.6) is 0 Å². The van der Waals surface area contributed by atoms with Crippen LogP contribution in [0, 0.1) is 5.41 Å². The van der Waals surface area contributed by atoms with Crippen LogP contribution in [0.1, 0.15) is 34.6 Å². The summed E-state index contributed by atoms with van der Waals surface area (Å²) in [7, 11) is 0. The van der Waals surface area contributed by atoms with Gasteiger partial charge in [-0.1, -0.05) is 20.8 Å². The molecule has 4 nitrogen and oxygen atoms in total. The smallest absolute Gasteiger partial charge is 0.455 e. The lowest BCUT2D eigenvalue weighted by molar-refractivity contribution is -0.549. The van der Waals surface area contributed by atoms with Crippen molar-refractivity contribution in [3.05, 3.63) is 0 Å². The van der Waals surface area contributed by atoms with Crippen molar-refractivity contribution in [2.75, 3.05) is 0 Å². The fourth-order valence-corrected chi connectivity index (χ4v) is 1.60. The summed E-state index contributed by atoms with van der Waals surface area (Å²) in [4.78, 5) is 11.8. The van der Waals surface area contributed by atoms with Gasteiger partial charge < -0.3 is 4.74 Å². The predicted octanol–water partition coefficient (Wildman–Crippen LogP) is 7.23. The van der Waals surface area contributed by atoms with Gasteiger partial charge in [-0.25, -0.2) is 4.79 Å². The molecule has 0 saturated heterocycles.